The Balaban J connectivity index is 0.00000363. The van der Waals surface area contributed by atoms with E-state index in [0.29, 0.717) is 30.6 Å². The maximum Gasteiger partial charge on any atom is 0.266 e. The van der Waals surface area contributed by atoms with Crippen molar-refractivity contribution in [3.63, 3.8) is 0 Å². The fraction of sp³-hybridized carbons (Fsp3) is 0.391. The number of amides is 1. The molecule has 0 unspecified atom stereocenters. The molecular formula is C23H30ClN3O4S. The molecule has 0 saturated carbocycles. The fourth-order valence-corrected chi connectivity index (χ4v) is 3.95. The van der Waals surface area contributed by atoms with Crippen LogP contribution in [0.2, 0.25) is 0 Å². The summed E-state index contributed by atoms with van der Waals surface area (Å²) in [7, 11) is 3.96. The van der Waals surface area contributed by atoms with Crippen molar-refractivity contribution in [1.29, 1.82) is 0 Å². The third-order valence-electron chi connectivity index (χ3n) is 4.46. The number of benzene rings is 2. The second-order valence-electron chi connectivity index (χ2n) is 7.10. The first-order valence-corrected chi connectivity index (χ1v) is 11.2. The Hall–Kier alpha value is -2.55. The Bertz CT molecular complexity index is 995. The zero-order valence-electron chi connectivity index (χ0n) is 18.9. The average Bonchev–Trinajstić information content (AvgIpc) is 3.16. The van der Waals surface area contributed by atoms with Crippen LogP contribution >= 0.6 is 23.7 Å². The van der Waals surface area contributed by atoms with Crippen LogP contribution in [0.3, 0.4) is 0 Å². The monoisotopic (exact) mass is 479 g/mol. The van der Waals surface area contributed by atoms with E-state index in [4.69, 9.17) is 14.2 Å². The number of ether oxygens (including phenoxy) is 3. The maximum absolute atomic E-state index is 13.0. The Kier molecular flexibility index (Phi) is 10.0. The summed E-state index contributed by atoms with van der Waals surface area (Å²) in [5.41, 5.74) is 0.846. The first kappa shape index (κ1) is 25.7. The molecule has 0 fully saturated rings. The molecule has 0 atom stereocenters. The Morgan fingerprint density at radius 1 is 0.906 bits per heavy atom. The summed E-state index contributed by atoms with van der Waals surface area (Å²) in [6, 6.07) is 13.0. The lowest BCUT2D eigenvalue weighted by molar-refractivity contribution is -0.120. The lowest BCUT2D eigenvalue weighted by atomic mass is 10.3. The van der Waals surface area contributed by atoms with Gasteiger partial charge in [0.25, 0.3) is 5.91 Å². The van der Waals surface area contributed by atoms with E-state index in [1.54, 1.807) is 17.0 Å². The van der Waals surface area contributed by atoms with Crippen molar-refractivity contribution in [1.82, 2.24) is 9.88 Å². The first-order chi connectivity index (χ1) is 15.0. The fourth-order valence-electron chi connectivity index (χ4n) is 2.91. The van der Waals surface area contributed by atoms with Crippen LogP contribution in [0.15, 0.2) is 42.5 Å². The quantitative estimate of drug-likeness (QED) is 0.404. The van der Waals surface area contributed by atoms with Gasteiger partial charge in [-0.15, -0.1) is 12.4 Å². The highest BCUT2D eigenvalue weighted by Gasteiger charge is 2.21. The van der Waals surface area contributed by atoms with Gasteiger partial charge in [0.05, 0.1) is 23.4 Å². The summed E-state index contributed by atoms with van der Waals surface area (Å²) in [5.74, 6) is 2.06. The SMILES string of the molecule is CCOc1ccc(OCC(=O)N(CCN(C)C)c2nc3ccc(OCC)cc3s2)cc1.Cl. The van der Waals surface area contributed by atoms with E-state index in [1.165, 1.54) is 11.3 Å². The highest BCUT2D eigenvalue weighted by molar-refractivity contribution is 7.22. The van der Waals surface area contributed by atoms with Gasteiger partial charge in [0.15, 0.2) is 11.7 Å². The summed E-state index contributed by atoms with van der Waals surface area (Å²) < 4.78 is 17.7. The van der Waals surface area contributed by atoms with Gasteiger partial charge < -0.3 is 19.1 Å². The molecule has 174 valence electrons. The molecule has 0 N–H and O–H groups in total. The number of rotatable bonds is 11. The van der Waals surface area contributed by atoms with Crippen molar-refractivity contribution in [3.8, 4) is 17.2 Å². The minimum absolute atomic E-state index is 0. The number of nitrogens with zero attached hydrogens (tertiary/aromatic N) is 3. The van der Waals surface area contributed by atoms with E-state index in [0.717, 1.165) is 28.3 Å². The summed E-state index contributed by atoms with van der Waals surface area (Å²) in [6.45, 7) is 6.27. The van der Waals surface area contributed by atoms with Gasteiger partial charge in [-0.25, -0.2) is 4.98 Å². The normalized spacial score (nSPS) is 10.7. The zero-order valence-corrected chi connectivity index (χ0v) is 20.5. The standard InChI is InChI=1S/C23H29N3O4S.ClH/c1-5-28-17-7-9-18(10-8-17)30-16-22(27)26(14-13-25(3)4)23-24-20-12-11-19(29-6-2)15-21(20)31-23;/h7-12,15H,5-6,13-14,16H2,1-4H3;1H. The molecule has 0 aliphatic rings. The van der Waals surface area contributed by atoms with Crippen molar-refractivity contribution >= 4 is 45.0 Å². The molecule has 32 heavy (non-hydrogen) atoms. The van der Waals surface area contributed by atoms with Crippen LogP contribution in [0, 0.1) is 0 Å². The summed E-state index contributed by atoms with van der Waals surface area (Å²) in [6.07, 6.45) is 0. The Morgan fingerprint density at radius 2 is 1.50 bits per heavy atom. The van der Waals surface area contributed by atoms with E-state index in [2.05, 4.69) is 4.98 Å². The molecule has 0 radical (unpaired) electrons. The van der Waals surface area contributed by atoms with E-state index in [1.807, 2.05) is 63.2 Å². The van der Waals surface area contributed by atoms with Crippen molar-refractivity contribution in [3.05, 3.63) is 42.5 Å². The molecule has 3 rings (SSSR count). The lowest BCUT2D eigenvalue weighted by Crippen LogP contribution is -2.39. The van der Waals surface area contributed by atoms with Gasteiger partial charge in [0.2, 0.25) is 0 Å². The van der Waals surface area contributed by atoms with Gasteiger partial charge in [0.1, 0.15) is 17.2 Å². The average molecular weight is 480 g/mol. The summed E-state index contributed by atoms with van der Waals surface area (Å²) in [5, 5.41) is 0.658. The van der Waals surface area contributed by atoms with Crippen LogP contribution in [-0.2, 0) is 4.79 Å². The van der Waals surface area contributed by atoms with E-state index in [9.17, 15) is 4.79 Å². The molecule has 7 nitrogen and oxygen atoms in total. The number of anilines is 1. The second-order valence-corrected chi connectivity index (χ2v) is 8.11. The molecule has 1 aromatic heterocycles. The largest absolute Gasteiger partial charge is 0.494 e. The molecule has 1 heterocycles. The molecule has 0 saturated heterocycles. The molecule has 0 aliphatic heterocycles. The van der Waals surface area contributed by atoms with Gasteiger partial charge in [-0.3, -0.25) is 9.69 Å². The summed E-state index contributed by atoms with van der Waals surface area (Å²) in [4.78, 5) is 21.5. The van der Waals surface area contributed by atoms with Crippen molar-refractivity contribution in [2.75, 3.05) is 51.9 Å². The van der Waals surface area contributed by atoms with Crippen LogP contribution in [0.1, 0.15) is 13.8 Å². The molecule has 0 spiro atoms. The molecular weight excluding hydrogens is 450 g/mol. The van der Waals surface area contributed by atoms with E-state index < -0.39 is 0 Å². The van der Waals surface area contributed by atoms with Crippen LogP contribution in [0.4, 0.5) is 5.13 Å². The first-order valence-electron chi connectivity index (χ1n) is 10.3. The third-order valence-corrected chi connectivity index (χ3v) is 5.50. The zero-order chi connectivity index (χ0) is 22.2. The molecule has 9 heteroatoms. The van der Waals surface area contributed by atoms with E-state index in [-0.39, 0.29) is 24.9 Å². The number of carbonyl (C=O) groups excluding carboxylic acids is 1. The second kappa shape index (κ2) is 12.5. The van der Waals surface area contributed by atoms with Crippen LogP contribution in [0.5, 0.6) is 17.2 Å². The number of thiazole rings is 1. The van der Waals surface area contributed by atoms with Crippen molar-refractivity contribution < 1.29 is 19.0 Å². The van der Waals surface area contributed by atoms with Crippen molar-refractivity contribution in [2.24, 2.45) is 0 Å². The maximum atomic E-state index is 13.0. The molecule has 3 aromatic rings. The highest BCUT2D eigenvalue weighted by Crippen LogP contribution is 2.31. The van der Waals surface area contributed by atoms with Gasteiger partial charge in [-0.1, -0.05) is 11.3 Å². The van der Waals surface area contributed by atoms with Crippen LogP contribution in [0.25, 0.3) is 10.2 Å². The number of hydrogen-bond donors (Lipinski definition) is 0. The number of carbonyl (C=O) groups is 1. The minimum Gasteiger partial charge on any atom is -0.494 e. The smallest absolute Gasteiger partial charge is 0.266 e. The van der Waals surface area contributed by atoms with Gasteiger partial charge in [-0.2, -0.15) is 0 Å². The molecule has 2 aromatic carbocycles. The number of fused-ring (bicyclic) bond motifs is 1. The number of hydrogen-bond acceptors (Lipinski definition) is 7. The van der Waals surface area contributed by atoms with Crippen molar-refractivity contribution in [2.45, 2.75) is 13.8 Å². The third kappa shape index (κ3) is 6.98. The van der Waals surface area contributed by atoms with Crippen LogP contribution in [-0.4, -0.2) is 62.8 Å². The van der Waals surface area contributed by atoms with Gasteiger partial charge >= 0.3 is 0 Å². The molecule has 0 bridgehead atoms. The van der Waals surface area contributed by atoms with Crippen LogP contribution < -0.4 is 19.1 Å². The lowest BCUT2D eigenvalue weighted by Gasteiger charge is -2.22. The predicted octanol–water partition coefficient (Wildman–Crippen LogP) is 4.49. The number of aromatic nitrogens is 1. The van der Waals surface area contributed by atoms with E-state index >= 15 is 0 Å². The predicted molar refractivity (Wildman–Crippen MR) is 132 cm³/mol. The molecule has 1 amide bonds. The topological polar surface area (TPSA) is 64.1 Å². The molecule has 0 aliphatic carbocycles. The number of likely N-dealkylation sites (N-methyl/N-ethyl adjacent to an activating group) is 1. The summed E-state index contributed by atoms with van der Waals surface area (Å²) >= 11 is 1.48. The Labute approximate surface area is 199 Å². The number of halogens is 1. The minimum atomic E-state index is -0.139. The van der Waals surface area contributed by atoms with Gasteiger partial charge in [0, 0.05) is 13.1 Å². The Morgan fingerprint density at radius 3 is 2.12 bits per heavy atom. The van der Waals surface area contributed by atoms with Gasteiger partial charge in [-0.05, 0) is 70.4 Å². The highest BCUT2D eigenvalue weighted by atomic mass is 35.5.